The summed E-state index contributed by atoms with van der Waals surface area (Å²) in [5.74, 6) is 1.53. The second kappa shape index (κ2) is 7.79. The highest BCUT2D eigenvalue weighted by molar-refractivity contribution is 6.33. The van der Waals surface area contributed by atoms with E-state index in [1.165, 1.54) is 0 Å². The Kier molecular flexibility index (Phi) is 5.76. The molecule has 0 atom stereocenters. The van der Waals surface area contributed by atoms with E-state index >= 15 is 0 Å². The Bertz CT molecular complexity index is 587. The summed E-state index contributed by atoms with van der Waals surface area (Å²) in [5.41, 5.74) is 2.07. The number of para-hydroxylation sites is 2. The molecular weight excluding hydrogens is 286 g/mol. The van der Waals surface area contributed by atoms with Gasteiger partial charge in [0.2, 0.25) is 0 Å². The monoisotopic (exact) mass is 305 g/mol. The molecule has 0 amide bonds. The zero-order valence-electron chi connectivity index (χ0n) is 12.4. The Hall–Kier alpha value is -1.87. The Labute approximate surface area is 130 Å². The van der Waals surface area contributed by atoms with E-state index in [1.54, 1.807) is 0 Å². The van der Waals surface area contributed by atoms with Crippen LogP contribution in [0.3, 0.4) is 0 Å². The van der Waals surface area contributed by atoms with Crippen molar-refractivity contribution in [1.82, 2.24) is 0 Å². The average Bonchev–Trinajstić information content (AvgIpc) is 2.47. The zero-order chi connectivity index (χ0) is 15.1. The van der Waals surface area contributed by atoms with Crippen molar-refractivity contribution in [2.75, 3.05) is 25.1 Å². The van der Waals surface area contributed by atoms with Gasteiger partial charge in [0.05, 0.1) is 17.3 Å². The molecule has 21 heavy (non-hydrogen) atoms. The van der Waals surface area contributed by atoms with Gasteiger partial charge in [-0.15, -0.1) is 0 Å². The van der Waals surface area contributed by atoms with E-state index in [0.29, 0.717) is 19.8 Å². The molecule has 0 aliphatic carbocycles. The maximum absolute atomic E-state index is 6.17. The predicted octanol–water partition coefficient (Wildman–Crippen LogP) is 4.54. The van der Waals surface area contributed by atoms with Crippen molar-refractivity contribution in [1.29, 1.82) is 0 Å². The summed E-state index contributed by atoms with van der Waals surface area (Å²) >= 11 is 6.17. The number of ether oxygens (including phenoxy) is 2. The lowest BCUT2D eigenvalue weighted by Crippen LogP contribution is -2.12. The standard InChI is InChI=1S/C17H20ClNO2/c1-3-20-16-6-4-5-7-17(16)21-11-10-19-15-9-8-13(2)12-14(15)18/h4-9,12,19H,3,10-11H2,1-2H3. The number of rotatable bonds is 7. The maximum Gasteiger partial charge on any atom is 0.161 e. The first kappa shape index (κ1) is 15.5. The molecule has 0 fully saturated rings. The molecule has 1 N–H and O–H groups in total. The van der Waals surface area contributed by atoms with Crippen LogP contribution < -0.4 is 14.8 Å². The summed E-state index contributed by atoms with van der Waals surface area (Å²) in [5, 5.41) is 3.99. The third-order valence-corrected chi connectivity index (χ3v) is 3.26. The SMILES string of the molecule is CCOc1ccccc1OCCNc1ccc(C)cc1Cl. The summed E-state index contributed by atoms with van der Waals surface area (Å²) < 4.78 is 11.3. The lowest BCUT2D eigenvalue weighted by Gasteiger charge is -2.13. The van der Waals surface area contributed by atoms with Crippen molar-refractivity contribution in [3.8, 4) is 11.5 Å². The second-order valence-corrected chi connectivity index (χ2v) is 5.05. The Morgan fingerprint density at radius 1 is 1.05 bits per heavy atom. The second-order valence-electron chi connectivity index (χ2n) is 4.64. The molecule has 0 bridgehead atoms. The van der Waals surface area contributed by atoms with Gasteiger partial charge in [-0.3, -0.25) is 0 Å². The van der Waals surface area contributed by atoms with E-state index in [1.807, 2.05) is 56.3 Å². The van der Waals surface area contributed by atoms with Crippen molar-refractivity contribution >= 4 is 17.3 Å². The summed E-state index contributed by atoms with van der Waals surface area (Å²) in [6.07, 6.45) is 0. The highest BCUT2D eigenvalue weighted by Gasteiger charge is 2.03. The summed E-state index contributed by atoms with van der Waals surface area (Å²) in [6, 6.07) is 13.6. The first-order valence-corrected chi connectivity index (χ1v) is 7.43. The van der Waals surface area contributed by atoms with Gasteiger partial charge in [0.1, 0.15) is 6.61 Å². The van der Waals surface area contributed by atoms with Gasteiger partial charge in [0.25, 0.3) is 0 Å². The van der Waals surface area contributed by atoms with Crippen LogP contribution in [-0.2, 0) is 0 Å². The van der Waals surface area contributed by atoms with E-state index < -0.39 is 0 Å². The Balaban J connectivity index is 1.84. The van der Waals surface area contributed by atoms with Crippen molar-refractivity contribution in [2.45, 2.75) is 13.8 Å². The molecule has 3 nitrogen and oxygen atoms in total. The average molecular weight is 306 g/mol. The van der Waals surface area contributed by atoms with Crippen LogP contribution >= 0.6 is 11.6 Å². The van der Waals surface area contributed by atoms with Gasteiger partial charge in [-0.1, -0.05) is 29.8 Å². The van der Waals surface area contributed by atoms with Crippen molar-refractivity contribution in [3.05, 3.63) is 53.1 Å². The van der Waals surface area contributed by atoms with Gasteiger partial charge in [-0.25, -0.2) is 0 Å². The largest absolute Gasteiger partial charge is 0.490 e. The molecule has 0 heterocycles. The molecule has 2 aromatic carbocycles. The maximum atomic E-state index is 6.17. The number of nitrogens with one attached hydrogen (secondary N) is 1. The van der Waals surface area contributed by atoms with E-state index in [9.17, 15) is 0 Å². The van der Waals surface area contributed by atoms with Crippen LogP contribution in [-0.4, -0.2) is 19.8 Å². The van der Waals surface area contributed by atoms with E-state index in [2.05, 4.69) is 5.32 Å². The molecule has 0 unspecified atom stereocenters. The van der Waals surface area contributed by atoms with Crippen LogP contribution in [0.4, 0.5) is 5.69 Å². The fraction of sp³-hybridized carbons (Fsp3) is 0.294. The quantitative estimate of drug-likeness (QED) is 0.762. The van der Waals surface area contributed by atoms with Gasteiger partial charge >= 0.3 is 0 Å². The van der Waals surface area contributed by atoms with Crippen molar-refractivity contribution in [2.24, 2.45) is 0 Å². The first-order valence-electron chi connectivity index (χ1n) is 7.05. The van der Waals surface area contributed by atoms with Crippen molar-refractivity contribution < 1.29 is 9.47 Å². The van der Waals surface area contributed by atoms with Crippen LogP contribution in [0.1, 0.15) is 12.5 Å². The minimum atomic E-state index is 0.536. The number of aryl methyl sites for hydroxylation is 1. The number of hydrogen-bond donors (Lipinski definition) is 1. The lowest BCUT2D eigenvalue weighted by molar-refractivity contribution is 0.284. The van der Waals surface area contributed by atoms with Gasteiger partial charge in [0.15, 0.2) is 11.5 Å². The van der Waals surface area contributed by atoms with Crippen molar-refractivity contribution in [3.63, 3.8) is 0 Å². The smallest absolute Gasteiger partial charge is 0.161 e. The molecule has 0 aliphatic rings. The van der Waals surface area contributed by atoms with Crippen LogP contribution in [0.25, 0.3) is 0 Å². The van der Waals surface area contributed by atoms with Gasteiger partial charge in [-0.05, 0) is 43.7 Å². The number of hydrogen-bond acceptors (Lipinski definition) is 3. The fourth-order valence-electron chi connectivity index (χ4n) is 1.95. The van der Waals surface area contributed by atoms with Crippen LogP contribution in [0.15, 0.2) is 42.5 Å². The van der Waals surface area contributed by atoms with E-state index in [0.717, 1.165) is 27.8 Å². The molecule has 4 heteroatoms. The molecule has 0 saturated carbocycles. The minimum absolute atomic E-state index is 0.536. The highest BCUT2D eigenvalue weighted by Crippen LogP contribution is 2.26. The first-order chi connectivity index (χ1) is 10.2. The Morgan fingerprint density at radius 3 is 2.43 bits per heavy atom. The molecule has 0 spiro atoms. The zero-order valence-corrected chi connectivity index (χ0v) is 13.1. The topological polar surface area (TPSA) is 30.5 Å². The number of anilines is 1. The predicted molar refractivity (Wildman–Crippen MR) is 87.8 cm³/mol. The fourth-order valence-corrected chi connectivity index (χ4v) is 2.26. The Morgan fingerprint density at radius 2 is 1.76 bits per heavy atom. The van der Waals surface area contributed by atoms with Gasteiger partial charge in [0, 0.05) is 6.54 Å². The van der Waals surface area contributed by atoms with Crippen LogP contribution in [0, 0.1) is 6.92 Å². The molecule has 2 aromatic rings. The molecule has 112 valence electrons. The highest BCUT2D eigenvalue weighted by atomic mass is 35.5. The van der Waals surface area contributed by atoms with Crippen LogP contribution in [0.5, 0.6) is 11.5 Å². The van der Waals surface area contributed by atoms with Crippen LogP contribution in [0.2, 0.25) is 5.02 Å². The molecular formula is C17H20ClNO2. The molecule has 0 aliphatic heterocycles. The van der Waals surface area contributed by atoms with Gasteiger partial charge in [-0.2, -0.15) is 0 Å². The van der Waals surface area contributed by atoms with Gasteiger partial charge < -0.3 is 14.8 Å². The molecule has 0 saturated heterocycles. The summed E-state index contributed by atoms with van der Waals surface area (Å²) in [6.45, 7) is 5.80. The lowest BCUT2D eigenvalue weighted by atomic mass is 10.2. The third-order valence-electron chi connectivity index (χ3n) is 2.95. The number of benzene rings is 2. The number of halogens is 1. The molecule has 2 rings (SSSR count). The third kappa shape index (κ3) is 4.57. The van der Waals surface area contributed by atoms with E-state index in [4.69, 9.17) is 21.1 Å². The molecule has 0 aromatic heterocycles. The summed E-state index contributed by atoms with van der Waals surface area (Å²) in [4.78, 5) is 0. The normalized spacial score (nSPS) is 10.2. The van der Waals surface area contributed by atoms with E-state index in [-0.39, 0.29) is 0 Å². The molecule has 0 radical (unpaired) electrons. The minimum Gasteiger partial charge on any atom is -0.490 e. The summed E-state index contributed by atoms with van der Waals surface area (Å²) in [7, 11) is 0.